The largest absolute Gasteiger partial charge is 0.484 e. The highest BCUT2D eigenvalue weighted by molar-refractivity contribution is 7.99. The van der Waals surface area contributed by atoms with Gasteiger partial charge in [-0.25, -0.2) is 0 Å². The summed E-state index contributed by atoms with van der Waals surface area (Å²) in [6.07, 6.45) is 0. The van der Waals surface area contributed by atoms with Crippen molar-refractivity contribution in [3.63, 3.8) is 0 Å². The molecule has 132 valence electrons. The third-order valence-corrected chi connectivity index (χ3v) is 4.22. The molecule has 1 aromatic heterocycles. The van der Waals surface area contributed by atoms with Gasteiger partial charge in [0.2, 0.25) is 0 Å². The SMILES string of the molecule is CC(=O)c1cc([N+](=O)[O-])ccc1Sc1nnc(COc2ccccc2)o1. The van der Waals surface area contributed by atoms with E-state index in [1.165, 1.54) is 25.1 Å². The van der Waals surface area contributed by atoms with Crippen molar-refractivity contribution in [2.24, 2.45) is 0 Å². The first-order valence-electron chi connectivity index (χ1n) is 7.50. The van der Waals surface area contributed by atoms with Crippen LogP contribution in [0, 0.1) is 10.1 Å². The lowest BCUT2D eigenvalue weighted by Crippen LogP contribution is -1.98. The second-order valence-electron chi connectivity index (χ2n) is 5.16. The molecule has 3 rings (SSSR count). The van der Waals surface area contributed by atoms with Crippen molar-refractivity contribution in [3.05, 3.63) is 70.1 Å². The number of nitro benzene ring substituents is 1. The Morgan fingerprint density at radius 1 is 1.23 bits per heavy atom. The van der Waals surface area contributed by atoms with Crippen molar-refractivity contribution in [2.45, 2.75) is 23.6 Å². The maximum absolute atomic E-state index is 11.8. The van der Waals surface area contributed by atoms with E-state index in [0.717, 1.165) is 11.8 Å². The highest BCUT2D eigenvalue weighted by Crippen LogP contribution is 2.32. The Bertz CT molecular complexity index is 943. The summed E-state index contributed by atoms with van der Waals surface area (Å²) in [7, 11) is 0. The molecule has 0 aliphatic heterocycles. The Balaban J connectivity index is 1.72. The van der Waals surface area contributed by atoms with Crippen molar-refractivity contribution >= 4 is 23.2 Å². The second-order valence-corrected chi connectivity index (χ2v) is 6.15. The summed E-state index contributed by atoms with van der Waals surface area (Å²) in [6, 6.07) is 13.2. The molecule has 0 radical (unpaired) electrons. The number of nitro groups is 1. The van der Waals surface area contributed by atoms with Gasteiger partial charge in [-0.1, -0.05) is 18.2 Å². The number of rotatable bonds is 7. The third kappa shape index (κ3) is 4.25. The van der Waals surface area contributed by atoms with Crippen molar-refractivity contribution in [3.8, 4) is 5.75 Å². The van der Waals surface area contributed by atoms with Crippen LogP contribution >= 0.6 is 11.8 Å². The van der Waals surface area contributed by atoms with Crippen molar-refractivity contribution in [1.82, 2.24) is 10.2 Å². The number of benzene rings is 2. The summed E-state index contributed by atoms with van der Waals surface area (Å²) in [5.41, 5.74) is 0.0755. The number of non-ortho nitro benzene ring substituents is 1. The summed E-state index contributed by atoms with van der Waals surface area (Å²) < 4.78 is 11.0. The third-order valence-electron chi connectivity index (χ3n) is 3.30. The molecule has 26 heavy (non-hydrogen) atoms. The molecule has 9 heteroatoms. The molecule has 0 bridgehead atoms. The highest BCUT2D eigenvalue weighted by atomic mass is 32.2. The zero-order valence-electron chi connectivity index (χ0n) is 13.6. The summed E-state index contributed by atoms with van der Waals surface area (Å²) >= 11 is 1.07. The monoisotopic (exact) mass is 371 g/mol. The van der Waals surface area contributed by atoms with Crippen LogP contribution in [0.5, 0.6) is 5.75 Å². The molecule has 8 nitrogen and oxygen atoms in total. The fourth-order valence-corrected chi connectivity index (χ4v) is 2.95. The molecule has 0 unspecified atom stereocenters. The minimum Gasteiger partial charge on any atom is -0.484 e. The lowest BCUT2D eigenvalue weighted by molar-refractivity contribution is -0.384. The number of hydrogen-bond donors (Lipinski definition) is 0. The van der Waals surface area contributed by atoms with Gasteiger partial charge in [-0.2, -0.15) is 0 Å². The van der Waals surface area contributed by atoms with E-state index in [1.54, 1.807) is 0 Å². The Morgan fingerprint density at radius 2 is 2.00 bits per heavy atom. The molecule has 0 amide bonds. The topological polar surface area (TPSA) is 108 Å². The normalized spacial score (nSPS) is 10.5. The van der Waals surface area contributed by atoms with Crippen LogP contribution in [-0.4, -0.2) is 20.9 Å². The predicted octanol–water partition coefficient (Wildman–Crippen LogP) is 3.91. The first-order chi connectivity index (χ1) is 12.5. The number of carbonyl (C=O) groups is 1. The van der Waals surface area contributed by atoms with Crippen LogP contribution in [0.15, 0.2) is 63.1 Å². The number of ketones is 1. The first kappa shape index (κ1) is 17.6. The van der Waals surface area contributed by atoms with E-state index in [4.69, 9.17) is 9.15 Å². The fourth-order valence-electron chi connectivity index (χ4n) is 2.09. The maximum atomic E-state index is 11.8. The highest BCUT2D eigenvalue weighted by Gasteiger charge is 2.17. The lowest BCUT2D eigenvalue weighted by Gasteiger charge is -2.04. The summed E-state index contributed by atoms with van der Waals surface area (Å²) in [6.45, 7) is 1.45. The minimum atomic E-state index is -0.549. The van der Waals surface area contributed by atoms with Gasteiger partial charge < -0.3 is 9.15 Å². The van der Waals surface area contributed by atoms with Crippen LogP contribution in [0.2, 0.25) is 0 Å². The van der Waals surface area contributed by atoms with Gasteiger partial charge in [0.15, 0.2) is 12.4 Å². The van der Waals surface area contributed by atoms with Gasteiger partial charge in [-0.05, 0) is 36.9 Å². The number of ether oxygens (including phenoxy) is 1. The van der Waals surface area contributed by atoms with E-state index in [2.05, 4.69) is 10.2 Å². The zero-order chi connectivity index (χ0) is 18.5. The van der Waals surface area contributed by atoms with Gasteiger partial charge in [0.1, 0.15) is 5.75 Å². The summed E-state index contributed by atoms with van der Waals surface area (Å²) in [4.78, 5) is 22.6. The molecule has 1 heterocycles. The zero-order valence-corrected chi connectivity index (χ0v) is 14.4. The molecule has 0 saturated heterocycles. The van der Waals surface area contributed by atoms with E-state index < -0.39 is 4.92 Å². The standard InChI is InChI=1S/C17H13N3O5S/c1-11(21)14-9-12(20(22)23)7-8-15(14)26-17-19-18-16(25-17)10-24-13-5-3-2-4-6-13/h2-9H,10H2,1H3. The molecule has 3 aromatic rings. The Morgan fingerprint density at radius 3 is 2.69 bits per heavy atom. The Labute approximate surface area is 152 Å². The molecule has 0 N–H and O–H groups in total. The molecular weight excluding hydrogens is 358 g/mol. The molecule has 0 fully saturated rings. The van der Waals surface area contributed by atoms with Gasteiger partial charge in [-0.3, -0.25) is 14.9 Å². The van der Waals surface area contributed by atoms with Gasteiger partial charge >= 0.3 is 0 Å². The number of nitrogens with zero attached hydrogens (tertiary/aromatic N) is 3. The van der Waals surface area contributed by atoms with Crippen LogP contribution in [-0.2, 0) is 6.61 Å². The summed E-state index contributed by atoms with van der Waals surface area (Å²) in [5, 5.41) is 18.9. The van der Waals surface area contributed by atoms with Gasteiger partial charge in [0.25, 0.3) is 16.8 Å². The molecule has 0 aliphatic carbocycles. The van der Waals surface area contributed by atoms with Gasteiger partial charge in [0, 0.05) is 22.6 Å². The second kappa shape index (κ2) is 7.79. The van der Waals surface area contributed by atoms with Gasteiger partial charge in [0.05, 0.1) is 4.92 Å². The Hall–Kier alpha value is -3.20. The number of para-hydroxylation sites is 1. The molecule has 2 aromatic carbocycles. The van der Waals surface area contributed by atoms with E-state index in [-0.39, 0.29) is 34.8 Å². The van der Waals surface area contributed by atoms with Crippen LogP contribution in [0.25, 0.3) is 0 Å². The molecule has 0 spiro atoms. The quantitative estimate of drug-likeness (QED) is 0.349. The number of Topliss-reactive ketones (excluding diaryl/α,β-unsaturated/α-hetero) is 1. The molecule has 0 aliphatic rings. The van der Waals surface area contributed by atoms with E-state index >= 15 is 0 Å². The average Bonchev–Trinajstić information content (AvgIpc) is 3.08. The van der Waals surface area contributed by atoms with Gasteiger partial charge in [-0.15, -0.1) is 10.2 Å². The smallest absolute Gasteiger partial charge is 0.281 e. The van der Waals surface area contributed by atoms with Crippen molar-refractivity contribution in [2.75, 3.05) is 0 Å². The number of carbonyl (C=O) groups excluding carboxylic acids is 1. The molecular formula is C17H13N3O5S. The number of aromatic nitrogens is 2. The maximum Gasteiger partial charge on any atom is 0.281 e. The van der Waals surface area contributed by atoms with Crippen LogP contribution in [0.4, 0.5) is 5.69 Å². The van der Waals surface area contributed by atoms with E-state index in [9.17, 15) is 14.9 Å². The molecule has 0 atom stereocenters. The predicted molar refractivity (Wildman–Crippen MR) is 92.3 cm³/mol. The van der Waals surface area contributed by atoms with Crippen LogP contribution in [0.3, 0.4) is 0 Å². The minimum absolute atomic E-state index is 0.109. The first-order valence-corrected chi connectivity index (χ1v) is 8.32. The molecule has 0 saturated carbocycles. The van der Waals surface area contributed by atoms with Crippen LogP contribution in [0.1, 0.15) is 23.2 Å². The van der Waals surface area contributed by atoms with Crippen molar-refractivity contribution in [1.29, 1.82) is 0 Å². The fraction of sp³-hybridized carbons (Fsp3) is 0.118. The van der Waals surface area contributed by atoms with E-state index in [0.29, 0.717) is 10.6 Å². The summed E-state index contributed by atoms with van der Waals surface area (Å²) in [5.74, 6) is 0.667. The van der Waals surface area contributed by atoms with Crippen molar-refractivity contribution < 1.29 is 18.9 Å². The average molecular weight is 371 g/mol. The Kier molecular flexibility index (Phi) is 5.28. The van der Waals surface area contributed by atoms with E-state index in [1.807, 2.05) is 30.3 Å². The number of hydrogen-bond acceptors (Lipinski definition) is 8. The lowest BCUT2D eigenvalue weighted by atomic mass is 10.1. The van der Waals surface area contributed by atoms with Crippen LogP contribution < -0.4 is 4.74 Å².